The van der Waals surface area contributed by atoms with E-state index in [1.165, 1.54) is 77.0 Å². The van der Waals surface area contributed by atoms with Crippen molar-refractivity contribution in [1.82, 2.24) is 0 Å². The molecule has 0 aliphatic heterocycles. The van der Waals surface area contributed by atoms with E-state index in [1.807, 2.05) is 12.2 Å². The molecule has 65 heavy (non-hydrogen) atoms. The lowest BCUT2D eigenvalue weighted by molar-refractivity contribution is -0.154. The van der Waals surface area contributed by atoms with Gasteiger partial charge in [0.2, 0.25) is 0 Å². The monoisotopic (exact) mass is 928 g/mol. The van der Waals surface area contributed by atoms with E-state index >= 15 is 0 Å². The molecule has 0 saturated heterocycles. The molecule has 3 unspecified atom stereocenters. The first-order valence-corrected chi connectivity index (χ1v) is 26.4. The van der Waals surface area contributed by atoms with E-state index in [0.717, 1.165) is 77.0 Å². The number of phosphoric ester groups is 1. The average molecular weight is 928 g/mol. The summed E-state index contributed by atoms with van der Waals surface area (Å²) in [6.07, 6.45) is 65.9. The minimum Gasteiger partial charge on any atom is -0.480 e. The minimum atomic E-state index is -4.65. The van der Waals surface area contributed by atoms with Crippen molar-refractivity contribution in [2.75, 3.05) is 26.4 Å². The summed E-state index contributed by atoms with van der Waals surface area (Å²) >= 11 is 0. The molecular weight excluding hydrogens is 838 g/mol. The Kier molecular flexibility index (Phi) is 46.0. The number of hydrogen-bond acceptors (Lipinski definition) is 8. The highest BCUT2D eigenvalue weighted by atomic mass is 31.2. The van der Waals surface area contributed by atoms with Crippen molar-refractivity contribution in [2.24, 2.45) is 5.73 Å². The first-order valence-electron chi connectivity index (χ1n) is 24.9. The zero-order valence-corrected chi connectivity index (χ0v) is 41.4. The van der Waals surface area contributed by atoms with Gasteiger partial charge in [0, 0.05) is 13.0 Å². The maximum absolute atomic E-state index is 12.6. The van der Waals surface area contributed by atoms with Gasteiger partial charge in [0.1, 0.15) is 12.1 Å². The van der Waals surface area contributed by atoms with Crippen molar-refractivity contribution in [1.29, 1.82) is 0 Å². The maximum atomic E-state index is 12.6. The molecule has 0 spiro atoms. The number of nitrogens with two attached hydrogens (primary N) is 1. The molecule has 0 rings (SSSR count). The Labute approximate surface area is 395 Å². The fourth-order valence-corrected chi connectivity index (χ4v) is 7.00. The highest BCUT2D eigenvalue weighted by molar-refractivity contribution is 7.47. The van der Waals surface area contributed by atoms with E-state index in [0.29, 0.717) is 13.0 Å². The third-order valence-corrected chi connectivity index (χ3v) is 11.0. The number of carboxylic acids is 1. The molecule has 0 aliphatic rings. The predicted molar refractivity (Wildman–Crippen MR) is 272 cm³/mol. The van der Waals surface area contributed by atoms with Gasteiger partial charge < -0.3 is 25.2 Å². The molecule has 3 atom stereocenters. The third-order valence-electron chi connectivity index (χ3n) is 10.0. The van der Waals surface area contributed by atoms with Gasteiger partial charge in [0.25, 0.3) is 0 Å². The first-order chi connectivity index (χ1) is 31.7. The second kappa shape index (κ2) is 48.6. The fourth-order valence-electron chi connectivity index (χ4n) is 6.22. The summed E-state index contributed by atoms with van der Waals surface area (Å²) in [5.41, 5.74) is 5.36. The quantitative estimate of drug-likeness (QED) is 0.0233. The largest absolute Gasteiger partial charge is 0.480 e. The molecule has 0 fully saturated rings. The molecular formula is C54H90NO9P. The summed E-state index contributed by atoms with van der Waals surface area (Å²) in [5.74, 6) is -1.88. The Morgan fingerprint density at radius 2 is 0.892 bits per heavy atom. The van der Waals surface area contributed by atoms with Crippen LogP contribution in [0.4, 0.5) is 0 Å². The lowest BCUT2D eigenvalue weighted by atomic mass is 10.1. The van der Waals surface area contributed by atoms with Gasteiger partial charge in [0.15, 0.2) is 0 Å². The number of phosphoric acid groups is 1. The van der Waals surface area contributed by atoms with Crippen LogP contribution < -0.4 is 5.73 Å². The second-order valence-electron chi connectivity index (χ2n) is 16.2. The van der Waals surface area contributed by atoms with E-state index < -0.39 is 45.1 Å². The van der Waals surface area contributed by atoms with Crippen LogP contribution in [0.1, 0.15) is 181 Å². The second-order valence-corrected chi connectivity index (χ2v) is 17.7. The number of aliphatic carboxylic acids is 1. The number of rotatable bonds is 46. The van der Waals surface area contributed by atoms with Crippen molar-refractivity contribution in [3.05, 3.63) is 109 Å². The van der Waals surface area contributed by atoms with Gasteiger partial charge >= 0.3 is 19.8 Å². The van der Waals surface area contributed by atoms with Gasteiger partial charge in [-0.2, -0.15) is 0 Å². The molecule has 0 saturated carbocycles. The molecule has 0 bridgehead atoms. The van der Waals surface area contributed by atoms with Crippen molar-refractivity contribution in [3.8, 4) is 0 Å². The Balaban J connectivity index is 4.29. The number of esters is 1. The highest BCUT2D eigenvalue weighted by Crippen LogP contribution is 2.43. The van der Waals surface area contributed by atoms with Gasteiger partial charge in [-0.1, -0.05) is 194 Å². The predicted octanol–water partition coefficient (Wildman–Crippen LogP) is 14.6. The molecule has 11 heteroatoms. The molecule has 0 amide bonds. The first kappa shape index (κ1) is 61.6. The minimum absolute atomic E-state index is 0.0247. The van der Waals surface area contributed by atoms with Crippen LogP contribution in [0.5, 0.6) is 0 Å². The Bertz CT molecular complexity index is 1440. The van der Waals surface area contributed by atoms with Crippen LogP contribution in [0.2, 0.25) is 0 Å². The van der Waals surface area contributed by atoms with Gasteiger partial charge in [-0.15, -0.1) is 0 Å². The number of allylic oxidation sites excluding steroid dienone is 18. The zero-order valence-electron chi connectivity index (χ0n) is 40.5. The summed E-state index contributed by atoms with van der Waals surface area (Å²) in [7, 11) is -4.65. The molecule has 0 aromatic rings. The van der Waals surface area contributed by atoms with Crippen molar-refractivity contribution in [3.63, 3.8) is 0 Å². The lowest BCUT2D eigenvalue weighted by Gasteiger charge is -2.20. The Hall–Kier alpha value is -3.37. The van der Waals surface area contributed by atoms with Gasteiger partial charge in [0.05, 0.1) is 19.8 Å². The molecule has 0 aromatic carbocycles. The molecule has 0 radical (unpaired) electrons. The highest BCUT2D eigenvalue weighted by Gasteiger charge is 2.27. The van der Waals surface area contributed by atoms with Gasteiger partial charge in [-0.3, -0.25) is 18.6 Å². The summed E-state index contributed by atoms with van der Waals surface area (Å²) in [6.45, 7) is 3.64. The number of carbonyl (C=O) groups excluding carboxylic acids is 1. The van der Waals surface area contributed by atoms with E-state index in [4.69, 9.17) is 29.4 Å². The standard InChI is InChI=1S/C54H90NO9P/c1-3-5-7-9-11-13-15-17-19-21-23-24-25-26-27-29-31-33-35-37-39-41-43-45-47-61-48-51(49-62-65(59,60)63-50-52(55)54(57)58)64-53(56)46-44-42-40-38-36-34-32-30-28-22-20-18-16-14-12-10-8-6-4-2/h6,8,12,14-15,17-18,20-21,23,25-26,28,30,34,36,40,42,51-52H,3-5,7,9-11,13,16,19,22,24,27,29,31-33,35,37-39,41,43-50,55H2,1-2H3,(H,57,58)(H,59,60)/b8-6-,14-12-,17-15-,20-18-,23-21-,26-25-,30-28-,36-34-,42-40-. The molecule has 0 aliphatic carbocycles. The lowest BCUT2D eigenvalue weighted by Crippen LogP contribution is -2.34. The number of hydrogen-bond donors (Lipinski definition) is 3. The Morgan fingerprint density at radius 1 is 0.508 bits per heavy atom. The van der Waals surface area contributed by atoms with Crippen molar-refractivity contribution in [2.45, 2.75) is 193 Å². The third kappa shape index (κ3) is 48.4. The number of carboxylic acid groups (broad SMARTS) is 1. The van der Waals surface area contributed by atoms with Crippen LogP contribution in [0, 0.1) is 0 Å². The number of ether oxygens (including phenoxy) is 2. The number of unbranched alkanes of at least 4 members (excludes halogenated alkanes) is 14. The van der Waals surface area contributed by atoms with E-state index in [2.05, 4.69) is 111 Å². The summed E-state index contributed by atoms with van der Waals surface area (Å²) in [5, 5.41) is 8.92. The molecule has 370 valence electrons. The van der Waals surface area contributed by atoms with E-state index in [1.54, 1.807) is 0 Å². The normalized spacial score (nSPS) is 14.6. The Morgan fingerprint density at radius 3 is 1.34 bits per heavy atom. The SMILES string of the molecule is CC/C=C\C/C=C\C/C=C\C/C=C\C/C=C\C/C=C\CCC(=O)OC(COCCCCCCCCCCC/C=C\C/C=C\C/C=C\CCCCCCC)COP(=O)(O)OCC(N)C(=O)O. The van der Waals surface area contributed by atoms with Crippen LogP contribution in [-0.4, -0.2) is 60.5 Å². The van der Waals surface area contributed by atoms with Gasteiger partial charge in [-0.05, 0) is 89.9 Å². The average Bonchev–Trinajstić information content (AvgIpc) is 3.29. The van der Waals surface area contributed by atoms with E-state index in [9.17, 15) is 19.0 Å². The van der Waals surface area contributed by atoms with Crippen LogP contribution in [-0.2, 0) is 32.7 Å². The summed E-state index contributed by atoms with van der Waals surface area (Å²) < 4.78 is 33.4. The molecule has 10 nitrogen and oxygen atoms in total. The van der Waals surface area contributed by atoms with Crippen LogP contribution in [0.25, 0.3) is 0 Å². The van der Waals surface area contributed by atoms with Crippen LogP contribution >= 0.6 is 7.82 Å². The fraction of sp³-hybridized carbons (Fsp3) is 0.630. The summed E-state index contributed by atoms with van der Waals surface area (Å²) in [6, 6.07) is -1.49. The molecule has 4 N–H and O–H groups in total. The maximum Gasteiger partial charge on any atom is 0.472 e. The van der Waals surface area contributed by atoms with E-state index in [-0.39, 0.29) is 13.0 Å². The number of carbonyl (C=O) groups is 2. The summed E-state index contributed by atoms with van der Waals surface area (Å²) in [4.78, 5) is 33.6. The van der Waals surface area contributed by atoms with Gasteiger partial charge in [-0.25, -0.2) is 4.57 Å². The zero-order chi connectivity index (χ0) is 47.6. The molecule has 0 aromatic heterocycles. The van der Waals surface area contributed by atoms with Crippen LogP contribution in [0.3, 0.4) is 0 Å². The van der Waals surface area contributed by atoms with Crippen molar-refractivity contribution < 1.29 is 42.7 Å². The topological polar surface area (TPSA) is 155 Å². The van der Waals surface area contributed by atoms with Crippen LogP contribution in [0.15, 0.2) is 109 Å². The smallest absolute Gasteiger partial charge is 0.472 e. The van der Waals surface area contributed by atoms with Crippen molar-refractivity contribution >= 4 is 19.8 Å². The molecule has 0 heterocycles.